The second kappa shape index (κ2) is 5.75. The van der Waals surface area contributed by atoms with Gasteiger partial charge in [-0.05, 0) is 19.8 Å². The molecule has 4 nitrogen and oxygen atoms in total. The summed E-state index contributed by atoms with van der Waals surface area (Å²) in [6.07, 6.45) is 2.71. The summed E-state index contributed by atoms with van der Waals surface area (Å²) in [6.45, 7) is 2.19. The van der Waals surface area contributed by atoms with Gasteiger partial charge in [-0.15, -0.1) is 0 Å². The van der Waals surface area contributed by atoms with Crippen molar-refractivity contribution in [1.29, 1.82) is 0 Å². The Balaban J connectivity index is 2.06. The van der Waals surface area contributed by atoms with Gasteiger partial charge in [0.1, 0.15) is 5.78 Å². The SMILES string of the molecule is CC(=O)CCCC(=O)OC1CCCO1. The zero-order valence-electron chi connectivity index (χ0n) is 8.45. The van der Waals surface area contributed by atoms with Gasteiger partial charge in [0.15, 0.2) is 0 Å². The minimum absolute atomic E-state index is 0.106. The third kappa shape index (κ3) is 4.37. The molecule has 0 aromatic heterocycles. The van der Waals surface area contributed by atoms with Crippen LogP contribution >= 0.6 is 0 Å². The highest BCUT2D eigenvalue weighted by Gasteiger charge is 2.19. The smallest absolute Gasteiger partial charge is 0.308 e. The molecule has 0 saturated carbocycles. The summed E-state index contributed by atoms with van der Waals surface area (Å²) in [4.78, 5) is 21.8. The average molecular weight is 200 g/mol. The molecule has 1 heterocycles. The van der Waals surface area contributed by atoms with Crippen molar-refractivity contribution < 1.29 is 19.1 Å². The van der Waals surface area contributed by atoms with E-state index >= 15 is 0 Å². The molecule has 1 aliphatic rings. The molecule has 0 spiro atoms. The number of hydrogen-bond acceptors (Lipinski definition) is 4. The summed E-state index contributed by atoms with van der Waals surface area (Å²) in [5.74, 6) is -0.159. The lowest BCUT2D eigenvalue weighted by molar-refractivity contribution is -0.169. The monoisotopic (exact) mass is 200 g/mol. The van der Waals surface area contributed by atoms with Gasteiger partial charge in [-0.25, -0.2) is 0 Å². The molecule has 0 aromatic carbocycles. The van der Waals surface area contributed by atoms with E-state index in [4.69, 9.17) is 9.47 Å². The Morgan fingerprint density at radius 3 is 2.79 bits per heavy atom. The van der Waals surface area contributed by atoms with E-state index in [2.05, 4.69) is 0 Å². The van der Waals surface area contributed by atoms with Gasteiger partial charge in [0, 0.05) is 19.3 Å². The van der Waals surface area contributed by atoms with Gasteiger partial charge in [-0.2, -0.15) is 0 Å². The van der Waals surface area contributed by atoms with Crippen molar-refractivity contribution in [3.63, 3.8) is 0 Å². The summed E-state index contributed by atoms with van der Waals surface area (Å²) in [5.41, 5.74) is 0. The molecule has 1 fully saturated rings. The van der Waals surface area contributed by atoms with E-state index < -0.39 is 0 Å². The molecular weight excluding hydrogens is 184 g/mol. The topological polar surface area (TPSA) is 52.6 Å². The fraction of sp³-hybridized carbons (Fsp3) is 0.800. The average Bonchev–Trinajstić information content (AvgIpc) is 2.56. The van der Waals surface area contributed by atoms with Crippen LogP contribution in [-0.4, -0.2) is 24.6 Å². The van der Waals surface area contributed by atoms with Gasteiger partial charge >= 0.3 is 5.97 Å². The number of Topliss-reactive ketones (excluding diaryl/α,β-unsaturated/α-hetero) is 1. The number of ketones is 1. The lowest BCUT2D eigenvalue weighted by Gasteiger charge is -2.10. The molecule has 0 aliphatic carbocycles. The number of rotatable bonds is 5. The predicted octanol–water partition coefficient (Wildman–Crippen LogP) is 1.43. The molecule has 1 aliphatic heterocycles. The molecule has 1 saturated heterocycles. The Hall–Kier alpha value is -0.900. The van der Waals surface area contributed by atoms with Gasteiger partial charge in [0.2, 0.25) is 6.29 Å². The van der Waals surface area contributed by atoms with E-state index in [9.17, 15) is 9.59 Å². The van der Waals surface area contributed by atoms with Gasteiger partial charge in [0.05, 0.1) is 6.61 Å². The van der Waals surface area contributed by atoms with Crippen LogP contribution in [-0.2, 0) is 19.1 Å². The molecular formula is C10H16O4. The van der Waals surface area contributed by atoms with Gasteiger partial charge < -0.3 is 14.3 Å². The first-order valence-electron chi connectivity index (χ1n) is 4.99. The van der Waals surface area contributed by atoms with Crippen LogP contribution in [0.25, 0.3) is 0 Å². The largest absolute Gasteiger partial charge is 0.436 e. The molecule has 4 heteroatoms. The first-order chi connectivity index (χ1) is 6.68. The lowest BCUT2D eigenvalue weighted by Crippen LogP contribution is -2.16. The Morgan fingerprint density at radius 1 is 1.43 bits per heavy atom. The zero-order valence-corrected chi connectivity index (χ0v) is 8.45. The second-order valence-electron chi connectivity index (χ2n) is 3.49. The van der Waals surface area contributed by atoms with Crippen LogP contribution in [0, 0.1) is 0 Å². The third-order valence-electron chi connectivity index (χ3n) is 2.06. The highest BCUT2D eigenvalue weighted by atomic mass is 16.7. The normalized spacial score (nSPS) is 20.8. The summed E-state index contributed by atoms with van der Waals surface area (Å²) >= 11 is 0. The Labute approximate surface area is 83.6 Å². The van der Waals surface area contributed by atoms with Crippen LogP contribution in [0.5, 0.6) is 0 Å². The lowest BCUT2D eigenvalue weighted by atomic mass is 10.2. The van der Waals surface area contributed by atoms with Gasteiger partial charge in [-0.1, -0.05) is 0 Å². The van der Waals surface area contributed by atoms with Crippen molar-refractivity contribution in [1.82, 2.24) is 0 Å². The number of hydrogen-bond donors (Lipinski definition) is 0. The molecule has 0 aromatic rings. The Morgan fingerprint density at radius 2 is 2.21 bits per heavy atom. The quantitative estimate of drug-likeness (QED) is 0.630. The first-order valence-corrected chi connectivity index (χ1v) is 4.99. The van der Waals surface area contributed by atoms with E-state index in [1.165, 1.54) is 6.92 Å². The number of carbonyl (C=O) groups is 2. The zero-order chi connectivity index (χ0) is 10.4. The molecule has 1 rings (SSSR count). The predicted molar refractivity (Wildman–Crippen MR) is 49.6 cm³/mol. The highest BCUT2D eigenvalue weighted by molar-refractivity contribution is 5.76. The van der Waals surface area contributed by atoms with Crippen LogP contribution < -0.4 is 0 Å². The molecule has 0 N–H and O–H groups in total. The minimum Gasteiger partial charge on any atom is -0.436 e. The van der Waals surface area contributed by atoms with Crippen molar-refractivity contribution >= 4 is 11.8 Å². The fourth-order valence-corrected chi connectivity index (χ4v) is 1.33. The van der Waals surface area contributed by atoms with E-state index in [1.54, 1.807) is 0 Å². The molecule has 14 heavy (non-hydrogen) atoms. The number of esters is 1. The molecule has 0 bridgehead atoms. The maximum atomic E-state index is 11.2. The number of carbonyl (C=O) groups excluding carboxylic acids is 2. The second-order valence-corrected chi connectivity index (χ2v) is 3.49. The molecule has 1 unspecified atom stereocenters. The standard InChI is InChI=1S/C10H16O4/c1-8(11)4-2-5-9(12)14-10-6-3-7-13-10/h10H,2-7H2,1H3. The number of ether oxygens (including phenoxy) is 2. The van der Waals surface area contributed by atoms with Crippen molar-refractivity contribution in [2.45, 2.75) is 45.3 Å². The van der Waals surface area contributed by atoms with Gasteiger partial charge in [-0.3, -0.25) is 4.79 Å². The van der Waals surface area contributed by atoms with Crippen LogP contribution in [0.15, 0.2) is 0 Å². The van der Waals surface area contributed by atoms with Crippen LogP contribution in [0.2, 0.25) is 0 Å². The summed E-state index contributed by atoms with van der Waals surface area (Å²) in [5, 5.41) is 0. The van der Waals surface area contributed by atoms with E-state index in [0.717, 1.165) is 12.8 Å². The Kier molecular flexibility index (Phi) is 4.59. The van der Waals surface area contributed by atoms with Crippen LogP contribution in [0.1, 0.15) is 39.0 Å². The summed E-state index contributed by atoms with van der Waals surface area (Å²) in [6, 6.07) is 0. The van der Waals surface area contributed by atoms with Crippen molar-refractivity contribution in [3.05, 3.63) is 0 Å². The van der Waals surface area contributed by atoms with Crippen LogP contribution in [0.3, 0.4) is 0 Å². The highest BCUT2D eigenvalue weighted by Crippen LogP contribution is 2.14. The summed E-state index contributed by atoms with van der Waals surface area (Å²) < 4.78 is 10.2. The van der Waals surface area contributed by atoms with Crippen molar-refractivity contribution in [2.24, 2.45) is 0 Å². The third-order valence-corrected chi connectivity index (χ3v) is 2.06. The van der Waals surface area contributed by atoms with E-state index in [1.807, 2.05) is 0 Å². The Bertz CT molecular complexity index is 206. The minimum atomic E-state index is -0.347. The van der Waals surface area contributed by atoms with Crippen molar-refractivity contribution in [2.75, 3.05) is 6.61 Å². The summed E-state index contributed by atoms with van der Waals surface area (Å²) in [7, 11) is 0. The maximum Gasteiger partial charge on any atom is 0.308 e. The van der Waals surface area contributed by atoms with Gasteiger partial charge in [0.25, 0.3) is 0 Å². The van der Waals surface area contributed by atoms with E-state index in [-0.39, 0.29) is 18.0 Å². The molecule has 80 valence electrons. The first kappa shape index (κ1) is 11.2. The van der Waals surface area contributed by atoms with Crippen LogP contribution in [0.4, 0.5) is 0 Å². The molecule has 0 amide bonds. The molecule has 1 atom stereocenters. The fourth-order valence-electron chi connectivity index (χ4n) is 1.33. The van der Waals surface area contributed by atoms with E-state index in [0.29, 0.717) is 25.9 Å². The maximum absolute atomic E-state index is 11.2. The van der Waals surface area contributed by atoms with Crippen molar-refractivity contribution in [3.8, 4) is 0 Å². The molecule has 0 radical (unpaired) electrons.